The van der Waals surface area contributed by atoms with Gasteiger partial charge in [0, 0.05) is 22.6 Å². The smallest absolute Gasteiger partial charge is 0.302 e. The molecule has 0 aromatic rings. The number of fused-ring (bicyclic) bond motifs is 4. The molecule has 1 heterocycles. The van der Waals surface area contributed by atoms with Crippen molar-refractivity contribution in [3.63, 3.8) is 0 Å². The van der Waals surface area contributed by atoms with Crippen molar-refractivity contribution >= 4 is 21.9 Å². The lowest BCUT2D eigenvalue weighted by molar-refractivity contribution is -0.161. The van der Waals surface area contributed by atoms with Crippen LogP contribution in [0.15, 0.2) is 0 Å². The maximum absolute atomic E-state index is 11.6. The molecule has 4 saturated carbocycles. The van der Waals surface area contributed by atoms with Crippen molar-refractivity contribution in [2.24, 2.45) is 28.6 Å². The number of hydrogen-bond donors (Lipinski definition) is 0. The molecule has 25 heavy (non-hydrogen) atoms. The van der Waals surface area contributed by atoms with Crippen molar-refractivity contribution in [1.82, 2.24) is 0 Å². The first kappa shape index (κ1) is 17.0. The Labute approximate surface area is 159 Å². The molecule has 0 aromatic heterocycles. The molecular formula is C21H31BrO3. The lowest BCUT2D eigenvalue weighted by Gasteiger charge is -2.59. The fourth-order valence-electron chi connectivity index (χ4n) is 8.01. The van der Waals surface area contributed by atoms with E-state index in [0.717, 1.165) is 24.2 Å². The van der Waals surface area contributed by atoms with E-state index in [1.807, 2.05) is 0 Å². The number of epoxide rings is 1. The molecule has 4 heteroatoms. The summed E-state index contributed by atoms with van der Waals surface area (Å²) >= 11 is 3.88. The van der Waals surface area contributed by atoms with E-state index in [0.29, 0.717) is 16.3 Å². The summed E-state index contributed by atoms with van der Waals surface area (Å²) in [4.78, 5) is 12.1. The highest BCUT2D eigenvalue weighted by Crippen LogP contribution is 2.73. The molecule has 0 bridgehead atoms. The molecule has 0 radical (unpaired) electrons. The van der Waals surface area contributed by atoms with Crippen LogP contribution in [0.25, 0.3) is 0 Å². The van der Waals surface area contributed by atoms with Crippen LogP contribution in [0.4, 0.5) is 0 Å². The molecule has 1 spiro atoms. The van der Waals surface area contributed by atoms with E-state index in [4.69, 9.17) is 9.47 Å². The van der Waals surface area contributed by atoms with Crippen molar-refractivity contribution in [2.45, 2.75) is 94.8 Å². The first-order chi connectivity index (χ1) is 11.8. The number of alkyl halides is 1. The molecule has 0 N–H and O–H groups in total. The second-order valence-corrected chi connectivity index (χ2v) is 11.2. The minimum absolute atomic E-state index is 0.103. The highest BCUT2D eigenvalue weighted by atomic mass is 79.9. The summed E-state index contributed by atoms with van der Waals surface area (Å²) in [6.07, 6.45) is 10.5. The second-order valence-electron chi connectivity index (χ2n) is 10.0. The molecule has 4 aliphatic carbocycles. The van der Waals surface area contributed by atoms with Gasteiger partial charge in [-0.05, 0) is 69.1 Å². The quantitative estimate of drug-likeness (QED) is 0.352. The standard InChI is InChI=1S/C21H31BrO3/c1-12(23)24-17-5-4-14-13-6-11-21-18(25-21)16(22)8-10-20(21,3)15(13)7-9-19(14,17)2/h13-18H,4-11H2,1-3H3/t13-,14-,15-,16+,17-,18-,19-,20+,21-/m0/s1. The molecule has 0 unspecified atom stereocenters. The van der Waals surface area contributed by atoms with Crippen LogP contribution in [0.2, 0.25) is 0 Å². The van der Waals surface area contributed by atoms with E-state index < -0.39 is 0 Å². The molecule has 1 saturated heterocycles. The molecular weight excluding hydrogens is 380 g/mol. The van der Waals surface area contributed by atoms with Crippen LogP contribution in [-0.4, -0.2) is 28.6 Å². The van der Waals surface area contributed by atoms with Gasteiger partial charge in [-0.3, -0.25) is 4.79 Å². The fraction of sp³-hybridized carbons (Fsp3) is 0.952. The van der Waals surface area contributed by atoms with Gasteiger partial charge in [0.25, 0.3) is 0 Å². The maximum atomic E-state index is 11.6. The van der Waals surface area contributed by atoms with Gasteiger partial charge >= 0.3 is 5.97 Å². The van der Waals surface area contributed by atoms with Gasteiger partial charge in [-0.2, -0.15) is 0 Å². The molecule has 1 aliphatic heterocycles. The molecule has 5 rings (SSSR count). The van der Waals surface area contributed by atoms with Gasteiger partial charge < -0.3 is 9.47 Å². The molecule has 0 aromatic carbocycles. The largest absolute Gasteiger partial charge is 0.462 e. The highest BCUT2D eigenvalue weighted by molar-refractivity contribution is 9.09. The van der Waals surface area contributed by atoms with E-state index in [1.165, 1.54) is 44.9 Å². The van der Waals surface area contributed by atoms with E-state index in [9.17, 15) is 4.79 Å². The van der Waals surface area contributed by atoms with Gasteiger partial charge in [0.2, 0.25) is 0 Å². The second kappa shape index (κ2) is 5.25. The van der Waals surface area contributed by atoms with Gasteiger partial charge in [0.15, 0.2) is 0 Å². The third-order valence-electron chi connectivity index (χ3n) is 9.30. The predicted molar refractivity (Wildman–Crippen MR) is 99.5 cm³/mol. The van der Waals surface area contributed by atoms with Gasteiger partial charge in [-0.15, -0.1) is 0 Å². The summed E-state index contributed by atoms with van der Waals surface area (Å²) in [5, 5.41) is 0. The zero-order valence-corrected chi connectivity index (χ0v) is 17.3. The zero-order valence-electron chi connectivity index (χ0n) is 15.7. The minimum atomic E-state index is -0.103. The Morgan fingerprint density at radius 1 is 1.04 bits per heavy atom. The van der Waals surface area contributed by atoms with Crippen molar-refractivity contribution in [3.05, 3.63) is 0 Å². The number of rotatable bonds is 1. The van der Waals surface area contributed by atoms with Gasteiger partial charge in [-0.1, -0.05) is 29.8 Å². The Bertz CT molecular complexity index is 608. The Hall–Kier alpha value is -0.0900. The molecule has 0 amide bonds. The van der Waals surface area contributed by atoms with Gasteiger partial charge in [0.05, 0.1) is 0 Å². The molecule has 5 aliphatic rings. The van der Waals surface area contributed by atoms with Crippen LogP contribution in [-0.2, 0) is 14.3 Å². The van der Waals surface area contributed by atoms with Crippen LogP contribution in [0.3, 0.4) is 0 Å². The maximum Gasteiger partial charge on any atom is 0.302 e. The minimum Gasteiger partial charge on any atom is -0.462 e. The lowest BCUT2D eigenvalue weighted by atomic mass is 9.45. The average molecular weight is 411 g/mol. The van der Waals surface area contributed by atoms with E-state index in [2.05, 4.69) is 29.8 Å². The average Bonchev–Trinajstić information content (AvgIpc) is 3.22. The third kappa shape index (κ3) is 2.05. The van der Waals surface area contributed by atoms with Gasteiger partial charge in [-0.25, -0.2) is 0 Å². The first-order valence-electron chi connectivity index (χ1n) is 10.3. The molecule has 9 atom stereocenters. The number of ether oxygens (including phenoxy) is 2. The monoisotopic (exact) mass is 410 g/mol. The summed E-state index contributed by atoms with van der Waals surface area (Å²) in [6.45, 7) is 6.52. The summed E-state index contributed by atoms with van der Waals surface area (Å²) < 4.78 is 12.2. The van der Waals surface area contributed by atoms with Crippen LogP contribution in [0.1, 0.15) is 72.1 Å². The van der Waals surface area contributed by atoms with Crippen LogP contribution in [0.5, 0.6) is 0 Å². The predicted octanol–water partition coefficient (Wildman–Crippen LogP) is 4.86. The van der Waals surface area contributed by atoms with Crippen molar-refractivity contribution < 1.29 is 14.3 Å². The molecule has 3 nitrogen and oxygen atoms in total. The van der Waals surface area contributed by atoms with E-state index >= 15 is 0 Å². The summed E-state index contributed by atoms with van der Waals surface area (Å²) in [5.41, 5.74) is 0.720. The van der Waals surface area contributed by atoms with Gasteiger partial charge in [0.1, 0.15) is 17.8 Å². The van der Waals surface area contributed by atoms with Crippen LogP contribution >= 0.6 is 15.9 Å². The van der Waals surface area contributed by atoms with E-state index in [-0.39, 0.29) is 23.1 Å². The van der Waals surface area contributed by atoms with Crippen molar-refractivity contribution in [2.75, 3.05) is 0 Å². The Kier molecular flexibility index (Phi) is 3.58. The normalized spacial score (nSPS) is 59.2. The summed E-state index contributed by atoms with van der Waals surface area (Å²) in [5.74, 6) is 2.21. The lowest BCUT2D eigenvalue weighted by Crippen LogP contribution is -2.58. The topological polar surface area (TPSA) is 38.8 Å². The summed E-state index contributed by atoms with van der Waals surface area (Å²) in [6, 6.07) is 0. The van der Waals surface area contributed by atoms with Crippen molar-refractivity contribution in [1.29, 1.82) is 0 Å². The highest BCUT2D eigenvalue weighted by Gasteiger charge is 2.75. The van der Waals surface area contributed by atoms with Crippen molar-refractivity contribution in [3.8, 4) is 0 Å². The Morgan fingerprint density at radius 2 is 1.84 bits per heavy atom. The Balaban J connectivity index is 1.43. The zero-order chi connectivity index (χ0) is 17.6. The number of esters is 1. The number of hydrogen-bond acceptors (Lipinski definition) is 3. The SMILES string of the molecule is CC(=O)O[C@H]1CC[C@H]2[C@@H]3CC[C@]45O[C@H]4[C@H](Br)CC[C@]5(C)[C@H]3CC[C@]12C. The van der Waals surface area contributed by atoms with Crippen LogP contribution in [0, 0.1) is 28.6 Å². The fourth-order valence-corrected chi connectivity index (χ4v) is 8.78. The van der Waals surface area contributed by atoms with E-state index in [1.54, 1.807) is 6.92 Å². The number of halogens is 1. The molecule has 5 fully saturated rings. The summed E-state index contributed by atoms with van der Waals surface area (Å²) in [7, 11) is 0. The molecule has 140 valence electrons. The first-order valence-corrected chi connectivity index (χ1v) is 11.2. The number of carbonyl (C=O) groups is 1. The Morgan fingerprint density at radius 3 is 2.60 bits per heavy atom. The number of carbonyl (C=O) groups excluding carboxylic acids is 1. The third-order valence-corrected chi connectivity index (χ3v) is 10.2. The van der Waals surface area contributed by atoms with Crippen LogP contribution < -0.4 is 0 Å².